The highest BCUT2D eigenvalue weighted by Gasteiger charge is 2.68. The summed E-state index contributed by atoms with van der Waals surface area (Å²) >= 11 is 0. The molecule has 222 valence electrons. The normalized spacial score (nSPS) is 37.5. The summed E-state index contributed by atoms with van der Waals surface area (Å²) in [4.78, 5) is 61.1. The Morgan fingerprint density at radius 1 is 1.10 bits per heavy atom. The molecule has 0 saturated heterocycles. The van der Waals surface area contributed by atoms with E-state index in [0.717, 1.165) is 18.4 Å². The number of ketones is 2. The third-order valence-corrected chi connectivity index (χ3v) is 10.7. The molecule has 0 aliphatic heterocycles. The molecule has 0 aromatic rings. The molecule has 4 N–H and O–H groups in total. The quantitative estimate of drug-likeness (QED) is 0.309. The molecule has 4 aliphatic carbocycles. The number of ether oxygens (including phenoxy) is 1. The molecule has 3 fully saturated rings. The summed E-state index contributed by atoms with van der Waals surface area (Å²) in [7, 11) is 0. The van der Waals surface area contributed by atoms with Gasteiger partial charge in [0.05, 0.1) is 12.5 Å². The van der Waals surface area contributed by atoms with E-state index >= 15 is 0 Å². The van der Waals surface area contributed by atoms with Crippen molar-refractivity contribution in [1.29, 1.82) is 0 Å². The van der Waals surface area contributed by atoms with Crippen LogP contribution in [0.3, 0.4) is 0 Å². The van der Waals surface area contributed by atoms with E-state index in [1.807, 2.05) is 6.92 Å². The summed E-state index contributed by atoms with van der Waals surface area (Å²) in [6, 6.07) is -1.07. The second-order valence-corrected chi connectivity index (χ2v) is 13.2. The molecule has 0 unspecified atom stereocenters. The first-order valence-electron chi connectivity index (χ1n) is 14.5. The van der Waals surface area contributed by atoms with Crippen molar-refractivity contribution in [2.75, 3.05) is 6.61 Å². The first-order valence-corrected chi connectivity index (χ1v) is 14.5. The fourth-order valence-corrected chi connectivity index (χ4v) is 8.46. The third-order valence-electron chi connectivity index (χ3n) is 10.7. The molecule has 0 bridgehead atoms. The molecule has 40 heavy (non-hydrogen) atoms. The highest BCUT2D eigenvalue weighted by molar-refractivity contribution is 5.92. The lowest BCUT2D eigenvalue weighted by Crippen LogP contribution is -2.62. The van der Waals surface area contributed by atoms with Crippen molar-refractivity contribution in [3.8, 4) is 0 Å². The van der Waals surface area contributed by atoms with Crippen LogP contribution >= 0.6 is 0 Å². The van der Waals surface area contributed by atoms with Crippen LogP contribution in [0.2, 0.25) is 0 Å². The van der Waals surface area contributed by atoms with Crippen LogP contribution in [0.1, 0.15) is 85.5 Å². The Morgan fingerprint density at radius 2 is 1.80 bits per heavy atom. The first kappa shape index (κ1) is 30.4. The molecular weight excluding hydrogens is 518 g/mol. The summed E-state index contributed by atoms with van der Waals surface area (Å²) in [5.74, 6) is -3.31. The molecule has 0 spiro atoms. The molecule has 0 heterocycles. The molecule has 0 aromatic carbocycles. The second kappa shape index (κ2) is 11.0. The topological polar surface area (TPSA) is 167 Å². The maximum atomic E-state index is 13.4. The number of fused-ring (bicyclic) bond motifs is 5. The van der Waals surface area contributed by atoms with E-state index in [0.29, 0.717) is 19.3 Å². The van der Waals surface area contributed by atoms with E-state index in [1.54, 1.807) is 19.9 Å². The number of aliphatic hydroxyl groups excluding tert-OH is 1. The number of carboxylic acid groups (broad SMARTS) is 1. The number of rotatable bonds is 9. The zero-order valence-corrected chi connectivity index (χ0v) is 23.9. The zero-order valence-electron chi connectivity index (χ0n) is 23.9. The standard InChI is InChI=1S/C30H43NO9/c1-16(2)26(27(37)38)31-23(35)7-8-24(36)40-15-22(34)30(39)12-10-20-19-6-5-17-13-18(32)9-11-28(17,3)25(19)21(33)14-29(20,30)4/h13,16,19-21,25-26,33,39H,5-12,14-15H2,1-4H3,(H,31,35)(H,37,38)/t19-,20+,21+,25+,26-,28-,29-,30-/m0/s1. The molecule has 3 saturated carbocycles. The van der Waals surface area contributed by atoms with Gasteiger partial charge in [0.2, 0.25) is 11.7 Å². The number of carbonyl (C=O) groups is 5. The Balaban J connectivity index is 1.38. The molecule has 10 heteroatoms. The average molecular weight is 562 g/mol. The Labute approximate surface area is 234 Å². The number of aliphatic hydroxyl groups is 2. The number of allylic oxidation sites excluding steroid dienone is 1. The zero-order chi connectivity index (χ0) is 29.6. The van der Waals surface area contributed by atoms with Crippen LogP contribution in [0.4, 0.5) is 0 Å². The van der Waals surface area contributed by atoms with Gasteiger partial charge in [-0.1, -0.05) is 33.3 Å². The minimum atomic E-state index is -1.76. The number of esters is 1. The number of Topliss-reactive ketones (excluding diaryl/α,β-unsaturated/α-hetero) is 1. The summed E-state index contributed by atoms with van der Waals surface area (Å²) in [6.45, 7) is 6.68. The van der Waals surface area contributed by atoms with Gasteiger partial charge >= 0.3 is 11.9 Å². The molecule has 8 atom stereocenters. The van der Waals surface area contributed by atoms with E-state index in [-0.39, 0.29) is 60.6 Å². The number of nitrogens with one attached hydrogen (secondary N) is 1. The van der Waals surface area contributed by atoms with Gasteiger partial charge in [-0.3, -0.25) is 19.2 Å². The van der Waals surface area contributed by atoms with Gasteiger partial charge in [0, 0.05) is 18.3 Å². The van der Waals surface area contributed by atoms with Gasteiger partial charge in [0.15, 0.2) is 12.4 Å². The SMILES string of the molecule is CC(C)[C@H](NC(=O)CCC(=O)OCC(=O)[C@@]1(O)CC[C@@H]2[C@@H]3CCC4=CC(=O)CC[C@]4(C)[C@H]3[C@H](O)C[C@@]21C)C(=O)O. The number of carboxylic acids is 1. The van der Waals surface area contributed by atoms with Crippen molar-refractivity contribution in [2.45, 2.75) is 103 Å². The van der Waals surface area contributed by atoms with Gasteiger partial charge in [0.25, 0.3) is 0 Å². The lowest BCUT2D eigenvalue weighted by molar-refractivity contribution is -0.184. The van der Waals surface area contributed by atoms with Crippen LogP contribution in [-0.4, -0.2) is 69.1 Å². The van der Waals surface area contributed by atoms with Gasteiger partial charge < -0.3 is 25.4 Å². The minimum Gasteiger partial charge on any atom is -0.480 e. The van der Waals surface area contributed by atoms with Crippen LogP contribution in [0, 0.1) is 34.5 Å². The fraction of sp³-hybridized carbons (Fsp3) is 0.767. The predicted molar refractivity (Wildman–Crippen MR) is 143 cm³/mol. The van der Waals surface area contributed by atoms with Crippen LogP contribution in [0.15, 0.2) is 11.6 Å². The van der Waals surface area contributed by atoms with Gasteiger partial charge in [0.1, 0.15) is 11.6 Å². The highest BCUT2D eigenvalue weighted by atomic mass is 16.5. The van der Waals surface area contributed by atoms with E-state index in [4.69, 9.17) is 4.74 Å². The minimum absolute atomic E-state index is 0.00777. The fourth-order valence-electron chi connectivity index (χ4n) is 8.46. The number of amides is 1. The monoisotopic (exact) mass is 561 g/mol. The lowest BCUT2D eigenvalue weighted by atomic mass is 9.45. The summed E-state index contributed by atoms with van der Waals surface area (Å²) in [6.07, 6.45) is 4.20. The Bertz CT molecular complexity index is 1110. The van der Waals surface area contributed by atoms with Crippen molar-refractivity contribution in [3.05, 3.63) is 11.6 Å². The summed E-state index contributed by atoms with van der Waals surface area (Å²) < 4.78 is 5.14. The lowest BCUT2D eigenvalue weighted by Gasteiger charge is -2.60. The maximum absolute atomic E-state index is 13.4. The Hall–Kier alpha value is -2.59. The van der Waals surface area contributed by atoms with Gasteiger partial charge in [-0.25, -0.2) is 4.79 Å². The number of hydrogen-bond acceptors (Lipinski definition) is 8. The van der Waals surface area contributed by atoms with Crippen LogP contribution in [-0.2, 0) is 28.7 Å². The molecule has 4 aliphatic rings. The van der Waals surface area contributed by atoms with Crippen LogP contribution in [0.5, 0.6) is 0 Å². The molecular formula is C30H43NO9. The second-order valence-electron chi connectivity index (χ2n) is 13.2. The van der Waals surface area contributed by atoms with Crippen molar-refractivity contribution < 1.29 is 44.0 Å². The Kier molecular flexibility index (Phi) is 8.36. The van der Waals surface area contributed by atoms with Gasteiger partial charge in [-0.05, 0) is 73.7 Å². The van der Waals surface area contributed by atoms with E-state index in [9.17, 15) is 39.3 Å². The molecule has 0 aromatic heterocycles. The molecule has 0 radical (unpaired) electrons. The van der Waals surface area contributed by atoms with Crippen LogP contribution in [0.25, 0.3) is 0 Å². The van der Waals surface area contributed by atoms with E-state index in [2.05, 4.69) is 12.2 Å². The number of carbonyl (C=O) groups excluding carboxylic acids is 4. The van der Waals surface area contributed by atoms with Crippen molar-refractivity contribution in [2.24, 2.45) is 34.5 Å². The highest BCUT2D eigenvalue weighted by Crippen LogP contribution is 2.67. The van der Waals surface area contributed by atoms with Crippen molar-refractivity contribution >= 4 is 29.4 Å². The third kappa shape index (κ3) is 5.13. The van der Waals surface area contributed by atoms with E-state index < -0.39 is 53.4 Å². The first-order chi connectivity index (χ1) is 18.6. The largest absolute Gasteiger partial charge is 0.480 e. The number of hydrogen-bond donors (Lipinski definition) is 4. The number of aliphatic carboxylic acids is 1. The summed E-state index contributed by atoms with van der Waals surface area (Å²) in [5, 5.41) is 34.8. The van der Waals surface area contributed by atoms with Gasteiger partial charge in [-0.2, -0.15) is 0 Å². The molecule has 10 nitrogen and oxygen atoms in total. The summed E-state index contributed by atoms with van der Waals surface area (Å²) in [5.41, 5.74) is -1.81. The maximum Gasteiger partial charge on any atom is 0.326 e. The van der Waals surface area contributed by atoms with Crippen molar-refractivity contribution in [1.82, 2.24) is 5.32 Å². The predicted octanol–water partition coefficient (Wildman–Crippen LogP) is 2.34. The molecule has 4 rings (SSSR count). The Morgan fingerprint density at radius 3 is 2.45 bits per heavy atom. The average Bonchev–Trinajstić information content (AvgIpc) is 3.15. The van der Waals surface area contributed by atoms with Crippen LogP contribution < -0.4 is 5.32 Å². The molecule has 1 amide bonds. The van der Waals surface area contributed by atoms with Gasteiger partial charge in [-0.15, -0.1) is 0 Å². The van der Waals surface area contributed by atoms with E-state index in [1.165, 1.54) is 0 Å². The smallest absolute Gasteiger partial charge is 0.326 e. The van der Waals surface area contributed by atoms with Crippen molar-refractivity contribution in [3.63, 3.8) is 0 Å².